The van der Waals surface area contributed by atoms with Gasteiger partial charge in [0.15, 0.2) is 11.6 Å². The molecule has 0 aliphatic heterocycles. The molecule has 33 heavy (non-hydrogen) atoms. The van der Waals surface area contributed by atoms with Gasteiger partial charge in [-0.1, -0.05) is 0 Å². The fourth-order valence-corrected chi connectivity index (χ4v) is 2.73. The number of methoxy groups -OCH3 is 1. The topological polar surface area (TPSA) is 119 Å². The molecule has 0 atom stereocenters. The van der Waals surface area contributed by atoms with Gasteiger partial charge in [-0.25, -0.2) is 23.1 Å². The van der Waals surface area contributed by atoms with E-state index in [4.69, 9.17) is 4.74 Å². The second-order valence-corrected chi connectivity index (χ2v) is 6.43. The Morgan fingerprint density at radius 2 is 1.91 bits per heavy atom. The number of ether oxygens (including phenoxy) is 2. The standard InChI is InChI=1S/C19H18F4N6O4/c1-32-17-13(33-18(22)23)5-11(7-25-17)10-2-3-29-12(4-10)6-15(28-29)27-19(31)26-9-16(30)24-8-14(20)21/h2-7,14,18H,8-9H2,1H3,(H,24,30)(H2,26,27,28,31). The Morgan fingerprint density at radius 1 is 1.12 bits per heavy atom. The largest absolute Gasteiger partial charge is 0.478 e. The number of hydrogen-bond donors (Lipinski definition) is 3. The van der Waals surface area contributed by atoms with Gasteiger partial charge < -0.3 is 20.1 Å². The van der Waals surface area contributed by atoms with E-state index in [0.29, 0.717) is 16.6 Å². The molecule has 3 rings (SSSR count). The first-order chi connectivity index (χ1) is 15.7. The number of urea groups is 1. The van der Waals surface area contributed by atoms with Crippen LogP contribution in [0.25, 0.3) is 16.6 Å². The van der Waals surface area contributed by atoms with Crippen LogP contribution in [0, 0.1) is 0 Å². The number of halogens is 4. The van der Waals surface area contributed by atoms with Gasteiger partial charge >= 0.3 is 12.6 Å². The molecule has 0 aliphatic carbocycles. The summed E-state index contributed by atoms with van der Waals surface area (Å²) in [6.07, 6.45) is 0.303. The Morgan fingerprint density at radius 3 is 2.61 bits per heavy atom. The number of aromatic nitrogens is 3. The molecule has 3 heterocycles. The zero-order valence-electron chi connectivity index (χ0n) is 17.0. The second kappa shape index (κ2) is 10.5. The number of anilines is 1. The average molecular weight is 470 g/mol. The third-order valence-corrected chi connectivity index (χ3v) is 4.13. The van der Waals surface area contributed by atoms with Crippen molar-refractivity contribution in [1.29, 1.82) is 0 Å². The van der Waals surface area contributed by atoms with Crippen LogP contribution in [0.15, 0.2) is 36.7 Å². The summed E-state index contributed by atoms with van der Waals surface area (Å²) in [6, 6.07) is 5.43. The van der Waals surface area contributed by atoms with Crippen LogP contribution in [-0.2, 0) is 4.79 Å². The number of hydrogen-bond acceptors (Lipinski definition) is 6. The fourth-order valence-electron chi connectivity index (χ4n) is 2.73. The predicted octanol–water partition coefficient (Wildman–Crippen LogP) is 2.51. The van der Waals surface area contributed by atoms with Gasteiger partial charge in [-0.3, -0.25) is 10.1 Å². The van der Waals surface area contributed by atoms with Crippen molar-refractivity contribution < 1.29 is 36.6 Å². The molecule has 176 valence electrons. The summed E-state index contributed by atoms with van der Waals surface area (Å²) < 4.78 is 60.2. The lowest BCUT2D eigenvalue weighted by atomic mass is 10.1. The molecule has 0 radical (unpaired) electrons. The molecule has 0 saturated heterocycles. The van der Waals surface area contributed by atoms with E-state index in [2.05, 4.69) is 25.5 Å². The molecule has 3 aromatic heterocycles. The maximum absolute atomic E-state index is 12.6. The summed E-state index contributed by atoms with van der Waals surface area (Å²) >= 11 is 0. The molecule has 0 aromatic carbocycles. The van der Waals surface area contributed by atoms with Crippen LogP contribution in [0.2, 0.25) is 0 Å². The number of fused-ring (bicyclic) bond motifs is 1. The maximum atomic E-state index is 12.6. The number of carbonyl (C=O) groups excluding carboxylic acids is 2. The van der Waals surface area contributed by atoms with Crippen molar-refractivity contribution in [3.05, 3.63) is 36.7 Å². The van der Waals surface area contributed by atoms with Gasteiger partial charge in [0.2, 0.25) is 5.91 Å². The summed E-state index contributed by atoms with van der Waals surface area (Å²) in [4.78, 5) is 27.2. The molecule has 0 unspecified atom stereocenters. The van der Waals surface area contributed by atoms with Crippen LogP contribution >= 0.6 is 0 Å². The number of nitrogens with one attached hydrogen (secondary N) is 3. The quantitative estimate of drug-likeness (QED) is 0.414. The smallest absolute Gasteiger partial charge is 0.387 e. The summed E-state index contributed by atoms with van der Waals surface area (Å²) in [5, 5.41) is 10.7. The van der Waals surface area contributed by atoms with Gasteiger partial charge in [-0.15, -0.1) is 5.10 Å². The molecule has 0 bridgehead atoms. The van der Waals surface area contributed by atoms with E-state index < -0.39 is 38.1 Å². The van der Waals surface area contributed by atoms with Crippen LogP contribution in [-0.4, -0.2) is 59.8 Å². The molecule has 0 fully saturated rings. The Hall–Kier alpha value is -4.10. The molecule has 10 nitrogen and oxygen atoms in total. The van der Waals surface area contributed by atoms with Crippen LogP contribution < -0.4 is 25.4 Å². The molecular weight excluding hydrogens is 452 g/mol. The first-order valence-corrected chi connectivity index (χ1v) is 9.33. The highest BCUT2D eigenvalue weighted by molar-refractivity contribution is 5.92. The van der Waals surface area contributed by atoms with Gasteiger partial charge in [0.25, 0.3) is 12.3 Å². The highest BCUT2D eigenvalue weighted by Crippen LogP contribution is 2.31. The molecular formula is C19H18F4N6O4. The number of carbonyl (C=O) groups is 2. The Kier molecular flexibility index (Phi) is 7.48. The summed E-state index contributed by atoms with van der Waals surface area (Å²) in [7, 11) is 1.28. The molecule has 3 N–H and O–H groups in total. The fraction of sp³-hybridized carbons (Fsp3) is 0.263. The van der Waals surface area contributed by atoms with Crippen LogP contribution in [0.1, 0.15) is 0 Å². The minimum atomic E-state index is -3.05. The summed E-state index contributed by atoms with van der Waals surface area (Å²) in [5.74, 6) is -0.944. The predicted molar refractivity (Wildman–Crippen MR) is 108 cm³/mol. The van der Waals surface area contributed by atoms with Gasteiger partial charge in [0, 0.05) is 24.0 Å². The summed E-state index contributed by atoms with van der Waals surface area (Å²) in [6.45, 7) is -4.36. The molecule has 3 aromatic rings. The first kappa shape index (κ1) is 23.6. The molecule has 0 aliphatic rings. The van der Waals surface area contributed by atoms with Crippen molar-refractivity contribution in [2.24, 2.45) is 0 Å². The molecule has 0 spiro atoms. The molecule has 3 amide bonds. The van der Waals surface area contributed by atoms with E-state index in [9.17, 15) is 27.2 Å². The van der Waals surface area contributed by atoms with Gasteiger partial charge in [-0.2, -0.15) is 8.78 Å². The van der Waals surface area contributed by atoms with E-state index in [1.165, 1.54) is 30.0 Å². The van der Waals surface area contributed by atoms with Crippen molar-refractivity contribution in [2.45, 2.75) is 13.0 Å². The number of pyridine rings is 2. The third kappa shape index (κ3) is 6.44. The van der Waals surface area contributed by atoms with Crippen LogP contribution in [0.4, 0.5) is 28.2 Å². The van der Waals surface area contributed by atoms with Gasteiger partial charge in [-0.05, 0) is 23.8 Å². The monoisotopic (exact) mass is 470 g/mol. The number of nitrogens with zero attached hydrogens (tertiary/aromatic N) is 3. The Labute approximate surface area is 183 Å². The Bertz CT molecular complexity index is 1140. The van der Waals surface area contributed by atoms with E-state index in [0.717, 1.165) is 0 Å². The number of alkyl halides is 4. The average Bonchev–Trinajstić information content (AvgIpc) is 3.17. The van der Waals surface area contributed by atoms with Crippen molar-refractivity contribution in [2.75, 3.05) is 25.5 Å². The lowest BCUT2D eigenvalue weighted by molar-refractivity contribution is -0.120. The number of rotatable bonds is 9. The van der Waals surface area contributed by atoms with Crippen LogP contribution in [0.3, 0.4) is 0 Å². The minimum absolute atomic E-state index is 0.0927. The second-order valence-electron chi connectivity index (χ2n) is 6.43. The molecule has 14 heteroatoms. The normalized spacial score (nSPS) is 11.0. The van der Waals surface area contributed by atoms with E-state index in [1.54, 1.807) is 18.3 Å². The highest BCUT2D eigenvalue weighted by atomic mass is 19.3. The van der Waals surface area contributed by atoms with E-state index in [1.807, 2.05) is 5.32 Å². The van der Waals surface area contributed by atoms with Crippen molar-refractivity contribution >= 4 is 23.3 Å². The lowest BCUT2D eigenvalue weighted by Gasteiger charge is -2.10. The lowest BCUT2D eigenvalue weighted by Crippen LogP contribution is -2.40. The highest BCUT2D eigenvalue weighted by Gasteiger charge is 2.15. The van der Waals surface area contributed by atoms with Crippen molar-refractivity contribution in [3.8, 4) is 22.8 Å². The SMILES string of the molecule is COc1ncc(-c2ccn3nc(NC(=O)NCC(=O)NCC(F)F)cc3c2)cc1OC(F)F. The zero-order chi connectivity index (χ0) is 24.0. The number of amides is 3. The van der Waals surface area contributed by atoms with Gasteiger partial charge in [0.1, 0.15) is 0 Å². The minimum Gasteiger partial charge on any atom is -0.478 e. The maximum Gasteiger partial charge on any atom is 0.387 e. The van der Waals surface area contributed by atoms with Crippen molar-refractivity contribution in [3.63, 3.8) is 0 Å². The Balaban J connectivity index is 1.69. The van der Waals surface area contributed by atoms with Crippen molar-refractivity contribution in [1.82, 2.24) is 25.2 Å². The van der Waals surface area contributed by atoms with Crippen LogP contribution in [0.5, 0.6) is 11.6 Å². The third-order valence-electron chi connectivity index (χ3n) is 4.13. The zero-order valence-corrected chi connectivity index (χ0v) is 17.0. The summed E-state index contributed by atoms with van der Waals surface area (Å²) in [5.41, 5.74) is 1.62. The van der Waals surface area contributed by atoms with E-state index >= 15 is 0 Å². The first-order valence-electron chi connectivity index (χ1n) is 9.33. The van der Waals surface area contributed by atoms with E-state index in [-0.39, 0.29) is 17.4 Å². The van der Waals surface area contributed by atoms with Gasteiger partial charge in [0.05, 0.1) is 25.7 Å². The molecule has 0 saturated carbocycles.